The number of anilines is 1. The van der Waals surface area contributed by atoms with Gasteiger partial charge in [-0.3, -0.25) is 0 Å². The predicted octanol–water partition coefficient (Wildman–Crippen LogP) is 2.42. The Labute approximate surface area is 109 Å². The van der Waals surface area contributed by atoms with Crippen molar-refractivity contribution in [2.75, 3.05) is 19.0 Å². The summed E-state index contributed by atoms with van der Waals surface area (Å²) in [6.07, 6.45) is 6.83. The van der Waals surface area contributed by atoms with Gasteiger partial charge in [0.25, 0.3) is 0 Å². The van der Waals surface area contributed by atoms with Gasteiger partial charge in [0, 0.05) is 18.3 Å². The fourth-order valence-corrected chi connectivity index (χ4v) is 2.54. The van der Waals surface area contributed by atoms with E-state index < -0.39 is 0 Å². The summed E-state index contributed by atoms with van der Waals surface area (Å²) in [4.78, 5) is 4.20. The van der Waals surface area contributed by atoms with Gasteiger partial charge < -0.3 is 15.4 Å². The third-order valence-electron chi connectivity index (χ3n) is 3.42. The van der Waals surface area contributed by atoms with Crippen LogP contribution in [-0.4, -0.2) is 30.7 Å². The minimum absolute atomic E-state index is 0.415. The fourth-order valence-electron chi connectivity index (χ4n) is 2.54. The highest BCUT2D eigenvalue weighted by Crippen LogP contribution is 2.22. The molecule has 0 radical (unpaired) electrons. The van der Waals surface area contributed by atoms with Gasteiger partial charge in [0.1, 0.15) is 0 Å². The Kier molecular flexibility index (Phi) is 4.81. The normalized spacial score (nSPS) is 21.3. The number of aromatic nitrogens is 1. The van der Waals surface area contributed by atoms with E-state index in [9.17, 15) is 0 Å². The molecule has 2 unspecified atom stereocenters. The molecule has 2 N–H and O–H groups in total. The zero-order chi connectivity index (χ0) is 12.8. The highest BCUT2D eigenvalue weighted by Gasteiger charge is 2.16. The largest absolute Gasteiger partial charge is 0.480 e. The van der Waals surface area contributed by atoms with E-state index in [-0.39, 0.29) is 0 Å². The summed E-state index contributed by atoms with van der Waals surface area (Å²) < 4.78 is 5.25. The first-order valence-electron chi connectivity index (χ1n) is 6.78. The van der Waals surface area contributed by atoms with Crippen LogP contribution in [0.2, 0.25) is 0 Å². The molecule has 1 aromatic heterocycles. The number of rotatable bonds is 5. The van der Waals surface area contributed by atoms with Crippen molar-refractivity contribution in [1.29, 1.82) is 0 Å². The monoisotopic (exact) mass is 249 g/mol. The first kappa shape index (κ1) is 13.1. The molecular formula is C14H23N3O. The lowest BCUT2D eigenvalue weighted by Crippen LogP contribution is -2.37. The van der Waals surface area contributed by atoms with Gasteiger partial charge in [-0.1, -0.05) is 6.42 Å². The van der Waals surface area contributed by atoms with Crippen LogP contribution in [0.1, 0.15) is 32.6 Å². The summed E-state index contributed by atoms with van der Waals surface area (Å²) in [6.45, 7) is 3.37. The third kappa shape index (κ3) is 3.60. The summed E-state index contributed by atoms with van der Waals surface area (Å²) in [6, 6.07) is 5.00. The maximum atomic E-state index is 5.25. The molecule has 0 spiro atoms. The van der Waals surface area contributed by atoms with E-state index in [0.29, 0.717) is 18.0 Å². The molecule has 2 atom stereocenters. The van der Waals surface area contributed by atoms with Crippen molar-refractivity contribution in [3.8, 4) is 5.88 Å². The van der Waals surface area contributed by atoms with Gasteiger partial charge in [0.2, 0.25) is 5.88 Å². The molecule has 1 aliphatic heterocycles. The van der Waals surface area contributed by atoms with Crippen molar-refractivity contribution >= 4 is 5.69 Å². The molecule has 1 aromatic rings. The molecule has 0 amide bonds. The number of ether oxygens (including phenoxy) is 1. The lowest BCUT2D eigenvalue weighted by Gasteiger charge is -2.27. The molecule has 100 valence electrons. The van der Waals surface area contributed by atoms with Crippen molar-refractivity contribution in [3.63, 3.8) is 0 Å². The Morgan fingerprint density at radius 2 is 2.44 bits per heavy atom. The van der Waals surface area contributed by atoms with Crippen molar-refractivity contribution in [2.45, 2.75) is 44.7 Å². The number of hydrogen-bond acceptors (Lipinski definition) is 4. The van der Waals surface area contributed by atoms with Crippen LogP contribution in [0.25, 0.3) is 0 Å². The van der Waals surface area contributed by atoms with Crippen LogP contribution >= 0.6 is 0 Å². The van der Waals surface area contributed by atoms with Gasteiger partial charge in [-0.05, 0) is 44.9 Å². The van der Waals surface area contributed by atoms with Crippen LogP contribution in [0.4, 0.5) is 5.69 Å². The standard InChI is InChI=1S/C14H23N3O/c1-11(10-12-6-3-4-8-15-12)17-13-7-5-9-16-14(13)18-2/h5,7,9,11-12,15,17H,3-4,6,8,10H2,1-2H3. The minimum atomic E-state index is 0.415. The lowest BCUT2D eigenvalue weighted by molar-refractivity contribution is 0.369. The molecule has 2 heterocycles. The molecule has 1 saturated heterocycles. The fraction of sp³-hybridized carbons (Fsp3) is 0.643. The quantitative estimate of drug-likeness (QED) is 0.841. The Bertz CT molecular complexity index is 364. The van der Waals surface area contributed by atoms with Crippen LogP contribution in [0.3, 0.4) is 0 Å². The molecule has 18 heavy (non-hydrogen) atoms. The van der Waals surface area contributed by atoms with Gasteiger partial charge in [-0.2, -0.15) is 0 Å². The Balaban J connectivity index is 1.87. The molecule has 0 bridgehead atoms. The molecule has 0 saturated carbocycles. The molecule has 0 aliphatic carbocycles. The predicted molar refractivity (Wildman–Crippen MR) is 74.1 cm³/mol. The van der Waals surface area contributed by atoms with E-state index in [1.807, 2.05) is 12.1 Å². The first-order chi connectivity index (χ1) is 8.79. The molecule has 2 rings (SSSR count). The van der Waals surface area contributed by atoms with Crippen molar-refractivity contribution < 1.29 is 4.74 Å². The zero-order valence-electron chi connectivity index (χ0n) is 11.3. The number of nitrogens with one attached hydrogen (secondary N) is 2. The third-order valence-corrected chi connectivity index (χ3v) is 3.42. The summed E-state index contributed by atoms with van der Waals surface area (Å²) in [7, 11) is 1.65. The van der Waals surface area contributed by atoms with Gasteiger partial charge in [-0.15, -0.1) is 0 Å². The van der Waals surface area contributed by atoms with Gasteiger partial charge >= 0.3 is 0 Å². The van der Waals surface area contributed by atoms with E-state index in [1.165, 1.54) is 19.3 Å². The van der Waals surface area contributed by atoms with Crippen molar-refractivity contribution in [1.82, 2.24) is 10.3 Å². The minimum Gasteiger partial charge on any atom is -0.480 e. The van der Waals surface area contributed by atoms with Crippen LogP contribution in [0.15, 0.2) is 18.3 Å². The smallest absolute Gasteiger partial charge is 0.237 e. The van der Waals surface area contributed by atoms with E-state index in [0.717, 1.165) is 18.7 Å². The SMILES string of the molecule is COc1ncccc1NC(C)CC1CCCCN1. The number of pyridine rings is 1. The second-order valence-electron chi connectivity index (χ2n) is 4.99. The highest BCUT2D eigenvalue weighted by molar-refractivity contribution is 5.52. The van der Waals surface area contributed by atoms with E-state index in [2.05, 4.69) is 22.5 Å². The number of hydrogen-bond donors (Lipinski definition) is 2. The van der Waals surface area contributed by atoms with E-state index in [1.54, 1.807) is 13.3 Å². The number of nitrogens with zero attached hydrogens (tertiary/aromatic N) is 1. The topological polar surface area (TPSA) is 46.2 Å². The highest BCUT2D eigenvalue weighted by atomic mass is 16.5. The van der Waals surface area contributed by atoms with Crippen LogP contribution in [0, 0.1) is 0 Å². The second-order valence-corrected chi connectivity index (χ2v) is 4.99. The van der Waals surface area contributed by atoms with Gasteiger partial charge in [0.15, 0.2) is 0 Å². The number of piperidine rings is 1. The Hall–Kier alpha value is -1.29. The summed E-state index contributed by atoms with van der Waals surface area (Å²) in [5.74, 6) is 0.668. The molecule has 4 heteroatoms. The maximum Gasteiger partial charge on any atom is 0.237 e. The second kappa shape index (κ2) is 6.59. The first-order valence-corrected chi connectivity index (χ1v) is 6.78. The Morgan fingerprint density at radius 3 is 3.17 bits per heavy atom. The summed E-state index contributed by atoms with van der Waals surface area (Å²) >= 11 is 0. The van der Waals surface area contributed by atoms with Gasteiger partial charge in [-0.25, -0.2) is 4.98 Å². The molecule has 0 aromatic carbocycles. The van der Waals surface area contributed by atoms with E-state index in [4.69, 9.17) is 4.74 Å². The van der Waals surface area contributed by atoms with Crippen LogP contribution in [-0.2, 0) is 0 Å². The van der Waals surface area contributed by atoms with Crippen molar-refractivity contribution in [3.05, 3.63) is 18.3 Å². The average molecular weight is 249 g/mol. The lowest BCUT2D eigenvalue weighted by atomic mass is 9.99. The molecule has 1 fully saturated rings. The summed E-state index contributed by atoms with van der Waals surface area (Å²) in [5, 5.41) is 7.06. The van der Waals surface area contributed by atoms with Crippen LogP contribution in [0.5, 0.6) is 5.88 Å². The maximum absolute atomic E-state index is 5.25. The molecule has 1 aliphatic rings. The zero-order valence-corrected chi connectivity index (χ0v) is 11.3. The molecule has 4 nitrogen and oxygen atoms in total. The van der Waals surface area contributed by atoms with Crippen molar-refractivity contribution in [2.24, 2.45) is 0 Å². The number of methoxy groups -OCH3 is 1. The van der Waals surface area contributed by atoms with Gasteiger partial charge in [0.05, 0.1) is 12.8 Å². The van der Waals surface area contributed by atoms with E-state index >= 15 is 0 Å². The molecular weight excluding hydrogens is 226 g/mol. The average Bonchev–Trinajstić information content (AvgIpc) is 2.40. The summed E-state index contributed by atoms with van der Waals surface area (Å²) in [5.41, 5.74) is 0.975. The Morgan fingerprint density at radius 1 is 1.56 bits per heavy atom. The van der Waals surface area contributed by atoms with Crippen LogP contribution < -0.4 is 15.4 Å².